The van der Waals surface area contributed by atoms with Crippen molar-refractivity contribution < 1.29 is 4.74 Å². The van der Waals surface area contributed by atoms with Crippen LogP contribution in [0.1, 0.15) is 77.7 Å². The van der Waals surface area contributed by atoms with Crippen LogP contribution in [0.15, 0.2) is 24.3 Å². The minimum absolute atomic E-state index is 0.438. The van der Waals surface area contributed by atoms with Crippen molar-refractivity contribution in [3.63, 3.8) is 0 Å². The third-order valence-corrected chi connectivity index (χ3v) is 6.83. The van der Waals surface area contributed by atoms with Gasteiger partial charge < -0.3 is 4.74 Å². The first kappa shape index (κ1) is 19.7. The Morgan fingerprint density at radius 3 is 2.23 bits per heavy atom. The Balaban J connectivity index is 1.81. The molecule has 2 unspecified atom stereocenters. The molecular formula is C24H39NO. The Labute approximate surface area is 161 Å². The summed E-state index contributed by atoms with van der Waals surface area (Å²) in [6.07, 6.45) is 11.1. The van der Waals surface area contributed by atoms with Crippen LogP contribution >= 0.6 is 0 Å². The summed E-state index contributed by atoms with van der Waals surface area (Å²) >= 11 is 0. The third kappa shape index (κ3) is 4.63. The zero-order chi connectivity index (χ0) is 18.6. The van der Waals surface area contributed by atoms with Gasteiger partial charge in [0.2, 0.25) is 0 Å². The molecule has 0 radical (unpaired) electrons. The molecule has 1 aromatic rings. The van der Waals surface area contributed by atoms with Gasteiger partial charge >= 0.3 is 0 Å². The van der Waals surface area contributed by atoms with Gasteiger partial charge in [0.25, 0.3) is 0 Å². The minimum Gasteiger partial charge on any atom is -0.497 e. The molecule has 0 spiro atoms. The van der Waals surface area contributed by atoms with E-state index >= 15 is 0 Å². The van der Waals surface area contributed by atoms with Crippen LogP contribution in [-0.4, -0.2) is 24.1 Å². The molecule has 0 N–H and O–H groups in total. The molecule has 0 amide bonds. The maximum Gasteiger partial charge on any atom is 0.118 e. The zero-order valence-electron chi connectivity index (χ0n) is 17.5. The Kier molecular flexibility index (Phi) is 6.66. The Bertz CT molecular complexity index is 532. The van der Waals surface area contributed by atoms with E-state index < -0.39 is 0 Å². The molecule has 2 bridgehead atoms. The van der Waals surface area contributed by atoms with Crippen LogP contribution in [0.4, 0.5) is 0 Å². The first-order chi connectivity index (χ1) is 12.5. The van der Waals surface area contributed by atoms with Crippen LogP contribution in [0, 0.1) is 17.8 Å². The number of nitrogens with zero attached hydrogens (tertiary/aromatic N) is 1. The SMILES string of the molecule is CCCCCN(Cc1ccc(OC)cc1)C12CC(C)CC(CC(C)C1)C2. The zero-order valence-corrected chi connectivity index (χ0v) is 17.5. The summed E-state index contributed by atoms with van der Waals surface area (Å²) in [6.45, 7) is 9.66. The lowest BCUT2D eigenvalue weighted by Gasteiger charge is -2.55. The number of hydrogen-bond donors (Lipinski definition) is 0. The van der Waals surface area contributed by atoms with Gasteiger partial charge in [0.1, 0.15) is 5.75 Å². The second-order valence-electron chi connectivity index (χ2n) is 9.36. The molecular weight excluding hydrogens is 318 g/mol. The van der Waals surface area contributed by atoms with Crippen molar-refractivity contribution in [3.8, 4) is 5.75 Å². The predicted octanol–water partition coefficient (Wildman–Crippen LogP) is 6.29. The van der Waals surface area contributed by atoms with E-state index in [-0.39, 0.29) is 0 Å². The van der Waals surface area contributed by atoms with Gasteiger partial charge in [0, 0.05) is 12.1 Å². The van der Waals surface area contributed by atoms with E-state index in [2.05, 4.69) is 49.9 Å². The molecule has 0 heterocycles. The smallest absolute Gasteiger partial charge is 0.118 e. The van der Waals surface area contributed by atoms with Crippen LogP contribution in [-0.2, 0) is 6.54 Å². The summed E-state index contributed by atoms with van der Waals surface area (Å²) in [5.74, 6) is 3.67. The third-order valence-electron chi connectivity index (χ3n) is 6.83. The highest BCUT2D eigenvalue weighted by atomic mass is 16.5. The topological polar surface area (TPSA) is 12.5 Å². The van der Waals surface area contributed by atoms with Gasteiger partial charge in [-0.05, 0) is 80.5 Å². The molecule has 2 aliphatic carbocycles. The van der Waals surface area contributed by atoms with Crippen molar-refractivity contribution in [2.75, 3.05) is 13.7 Å². The van der Waals surface area contributed by atoms with Crippen molar-refractivity contribution in [1.29, 1.82) is 0 Å². The largest absolute Gasteiger partial charge is 0.497 e. The van der Waals surface area contributed by atoms with Crippen molar-refractivity contribution in [2.24, 2.45) is 17.8 Å². The van der Waals surface area contributed by atoms with Gasteiger partial charge in [-0.2, -0.15) is 0 Å². The Morgan fingerprint density at radius 2 is 1.65 bits per heavy atom. The van der Waals surface area contributed by atoms with Crippen molar-refractivity contribution in [2.45, 2.75) is 84.2 Å². The standard InChI is InChI=1S/C24H39NO/c1-5-6-7-12-25(18-21-8-10-23(26-4)11-9-21)24-15-19(2)13-22(17-24)14-20(3)16-24/h8-11,19-20,22H,5-7,12-18H2,1-4H3. The van der Waals surface area contributed by atoms with Crippen LogP contribution in [0.5, 0.6) is 5.75 Å². The molecule has 3 rings (SSSR count). The van der Waals surface area contributed by atoms with E-state index in [0.29, 0.717) is 5.54 Å². The summed E-state index contributed by atoms with van der Waals surface area (Å²) < 4.78 is 5.35. The normalized spacial score (nSPS) is 31.2. The molecule has 146 valence electrons. The predicted molar refractivity (Wildman–Crippen MR) is 111 cm³/mol. The van der Waals surface area contributed by atoms with Crippen LogP contribution in [0.2, 0.25) is 0 Å². The molecule has 0 saturated heterocycles. The number of unbranched alkanes of at least 4 members (excludes halogenated alkanes) is 2. The summed E-state index contributed by atoms with van der Waals surface area (Å²) in [6, 6.07) is 8.76. The second-order valence-corrected chi connectivity index (χ2v) is 9.36. The molecule has 2 nitrogen and oxygen atoms in total. The maximum absolute atomic E-state index is 5.35. The van der Waals surface area contributed by atoms with E-state index in [1.807, 2.05) is 0 Å². The van der Waals surface area contributed by atoms with Gasteiger partial charge in [-0.3, -0.25) is 4.90 Å². The molecule has 2 fully saturated rings. The lowest BCUT2D eigenvalue weighted by atomic mass is 9.60. The monoisotopic (exact) mass is 357 g/mol. The summed E-state index contributed by atoms with van der Waals surface area (Å²) in [4.78, 5) is 2.89. The molecule has 0 aliphatic heterocycles. The van der Waals surface area contributed by atoms with E-state index in [9.17, 15) is 0 Å². The lowest BCUT2D eigenvalue weighted by Crippen LogP contribution is -2.56. The van der Waals surface area contributed by atoms with E-state index in [4.69, 9.17) is 4.74 Å². The molecule has 1 aromatic carbocycles. The average molecular weight is 358 g/mol. The van der Waals surface area contributed by atoms with E-state index in [1.165, 1.54) is 63.5 Å². The Hall–Kier alpha value is -1.02. The number of ether oxygens (including phenoxy) is 1. The first-order valence-corrected chi connectivity index (χ1v) is 10.9. The fourth-order valence-electron chi connectivity index (χ4n) is 6.03. The highest BCUT2D eigenvalue weighted by Crippen LogP contribution is 2.50. The summed E-state index contributed by atoms with van der Waals surface area (Å²) in [5, 5.41) is 0. The fourth-order valence-corrected chi connectivity index (χ4v) is 6.03. The second kappa shape index (κ2) is 8.78. The van der Waals surface area contributed by atoms with Gasteiger partial charge in [0.15, 0.2) is 0 Å². The molecule has 26 heavy (non-hydrogen) atoms. The molecule has 2 heteroatoms. The number of methoxy groups -OCH3 is 1. The van der Waals surface area contributed by atoms with Gasteiger partial charge in [-0.15, -0.1) is 0 Å². The van der Waals surface area contributed by atoms with Gasteiger partial charge in [0.05, 0.1) is 7.11 Å². The quantitative estimate of drug-likeness (QED) is 0.507. The fraction of sp³-hybridized carbons (Fsp3) is 0.750. The minimum atomic E-state index is 0.438. The molecule has 2 aliphatic rings. The number of benzene rings is 1. The summed E-state index contributed by atoms with van der Waals surface area (Å²) in [5.41, 5.74) is 1.87. The van der Waals surface area contributed by atoms with Crippen LogP contribution in [0.25, 0.3) is 0 Å². The first-order valence-electron chi connectivity index (χ1n) is 10.9. The van der Waals surface area contributed by atoms with Crippen LogP contribution in [0.3, 0.4) is 0 Å². The highest BCUT2D eigenvalue weighted by Gasteiger charge is 2.47. The number of rotatable bonds is 8. The van der Waals surface area contributed by atoms with Crippen molar-refractivity contribution >= 4 is 0 Å². The van der Waals surface area contributed by atoms with E-state index in [1.54, 1.807) is 7.11 Å². The van der Waals surface area contributed by atoms with Crippen molar-refractivity contribution in [1.82, 2.24) is 4.90 Å². The Morgan fingerprint density at radius 1 is 1.00 bits per heavy atom. The molecule has 2 atom stereocenters. The lowest BCUT2D eigenvalue weighted by molar-refractivity contribution is -0.0456. The van der Waals surface area contributed by atoms with Gasteiger partial charge in [-0.1, -0.05) is 45.7 Å². The highest BCUT2D eigenvalue weighted by molar-refractivity contribution is 5.27. The number of fused-ring (bicyclic) bond motifs is 2. The number of hydrogen-bond acceptors (Lipinski definition) is 2. The van der Waals surface area contributed by atoms with Crippen LogP contribution < -0.4 is 4.74 Å². The van der Waals surface area contributed by atoms with Gasteiger partial charge in [-0.25, -0.2) is 0 Å². The van der Waals surface area contributed by atoms with E-state index in [0.717, 1.165) is 30.0 Å². The summed E-state index contributed by atoms with van der Waals surface area (Å²) in [7, 11) is 1.75. The van der Waals surface area contributed by atoms with Crippen molar-refractivity contribution in [3.05, 3.63) is 29.8 Å². The average Bonchev–Trinajstić information content (AvgIpc) is 2.60. The molecule has 2 saturated carbocycles. The molecule has 0 aromatic heterocycles. The maximum atomic E-state index is 5.35.